The predicted molar refractivity (Wildman–Crippen MR) is 198 cm³/mol. The van der Waals surface area contributed by atoms with Crippen LogP contribution in [-0.4, -0.2) is 39.6 Å². The molecular weight excluding hydrogens is 696 g/mol. The average molecular weight is 733 g/mol. The molecule has 0 saturated carbocycles. The highest BCUT2D eigenvalue weighted by atomic mass is 16.6. The van der Waals surface area contributed by atoms with Gasteiger partial charge in [0.1, 0.15) is 0 Å². The van der Waals surface area contributed by atoms with E-state index in [9.17, 15) is 40.5 Å². The van der Waals surface area contributed by atoms with Gasteiger partial charge in [0.25, 0.3) is 22.7 Å². The molecule has 0 unspecified atom stereocenters. The zero-order chi connectivity index (χ0) is 39.1. The highest BCUT2D eigenvalue weighted by molar-refractivity contribution is 5.58. The van der Waals surface area contributed by atoms with Crippen LogP contribution in [0.2, 0.25) is 0 Å². The van der Waals surface area contributed by atoms with Crippen molar-refractivity contribution >= 4 is 22.7 Å². The lowest BCUT2D eigenvalue weighted by Gasteiger charge is -2.31. The molecule has 0 amide bonds. The number of H-pyrrole nitrogens is 4. The van der Waals surface area contributed by atoms with E-state index in [0.717, 1.165) is 34.9 Å². The van der Waals surface area contributed by atoms with Crippen LogP contribution >= 0.6 is 0 Å². The van der Waals surface area contributed by atoms with Gasteiger partial charge in [0.15, 0.2) is 0 Å². The molecule has 4 N–H and O–H groups in total. The summed E-state index contributed by atoms with van der Waals surface area (Å²) < 4.78 is 0. The van der Waals surface area contributed by atoms with Crippen LogP contribution in [-0.2, 0) is 21.7 Å². The molecule has 4 aromatic heterocycles. The summed E-state index contributed by atoms with van der Waals surface area (Å²) in [5.74, 6) is 0. The second kappa shape index (κ2) is 11.8. The third kappa shape index (κ3) is 5.28. The van der Waals surface area contributed by atoms with Crippen LogP contribution in [0.25, 0.3) is 0 Å². The maximum Gasteiger partial charge on any atom is 0.276 e. The summed E-state index contributed by atoms with van der Waals surface area (Å²) in [5, 5.41) is 48.1. The van der Waals surface area contributed by atoms with Crippen LogP contribution in [0, 0.1) is 40.5 Å². The highest BCUT2D eigenvalue weighted by Gasteiger charge is 2.42. The number of aromatic amines is 4. The van der Waals surface area contributed by atoms with Crippen molar-refractivity contribution in [2.75, 3.05) is 0 Å². The molecule has 16 nitrogen and oxygen atoms in total. The number of hydrogen-bond acceptors (Lipinski definition) is 8. The van der Waals surface area contributed by atoms with Crippen molar-refractivity contribution in [2.45, 2.75) is 63.2 Å². The minimum atomic E-state index is -1.17. The Morgan fingerprint density at radius 3 is 0.778 bits per heavy atom. The molecule has 6 aromatic rings. The molecule has 1 aliphatic rings. The number of nitrogens with one attached hydrogen (secondary N) is 4. The number of rotatable bonds is 6. The van der Waals surface area contributed by atoms with E-state index in [4.69, 9.17) is 0 Å². The van der Waals surface area contributed by atoms with Gasteiger partial charge in [0, 0.05) is 80.6 Å². The summed E-state index contributed by atoms with van der Waals surface area (Å²) >= 11 is 0. The van der Waals surface area contributed by atoms with Crippen LogP contribution in [0.15, 0.2) is 84.9 Å². The van der Waals surface area contributed by atoms with Gasteiger partial charge < -0.3 is 19.9 Å². The van der Waals surface area contributed by atoms with Crippen molar-refractivity contribution in [1.82, 2.24) is 19.9 Å². The number of aromatic nitrogens is 4. The van der Waals surface area contributed by atoms with E-state index in [1.807, 2.05) is 90.1 Å². The molecule has 2 aromatic carbocycles. The quantitative estimate of drug-likeness (QED) is 0.0957. The zero-order valence-corrected chi connectivity index (χ0v) is 30.1. The minimum Gasteiger partial charge on any atom is -0.360 e. The Hall–Kier alpha value is -6.84. The molecule has 276 valence electrons. The zero-order valence-electron chi connectivity index (χ0n) is 30.1. The summed E-state index contributed by atoms with van der Waals surface area (Å²) in [5.41, 5.74) is 0.569. The Morgan fingerprint density at radius 1 is 0.370 bits per heavy atom. The SMILES string of the molecule is CC1(C)c2ccc([nH]2)C(C)(c2cc([N+](=O)[O-])cc([N+](=O)[O-])c2)c2ccc([nH]2)C(C)(C)c2ccc([nH]2)C(C)(c2cc([N+](=O)[O-])cc([N+](=O)[O-])c2)c2ccc1[nH]2. The van der Waals surface area contributed by atoms with E-state index >= 15 is 0 Å². The summed E-state index contributed by atoms with van der Waals surface area (Å²) in [6, 6.07) is 22.3. The van der Waals surface area contributed by atoms with Crippen molar-refractivity contribution in [3.05, 3.63) is 182 Å². The number of nitrogens with zero attached hydrogens (tertiary/aromatic N) is 4. The molecule has 5 heterocycles. The van der Waals surface area contributed by atoms with E-state index in [2.05, 4.69) is 19.9 Å². The molecular formula is C38H36N8O8. The van der Waals surface area contributed by atoms with Crippen LogP contribution in [0.4, 0.5) is 22.7 Å². The maximum atomic E-state index is 12.0. The first-order valence-electron chi connectivity index (χ1n) is 17.0. The molecule has 16 heteroatoms. The maximum absolute atomic E-state index is 12.0. The van der Waals surface area contributed by atoms with Crippen LogP contribution in [0.1, 0.15) is 98.2 Å². The van der Waals surface area contributed by atoms with E-state index in [1.54, 1.807) is 0 Å². The third-order valence-electron chi connectivity index (χ3n) is 11.4. The number of nitro benzene ring substituents is 4. The first-order valence-corrected chi connectivity index (χ1v) is 17.0. The van der Waals surface area contributed by atoms with E-state index in [-0.39, 0.29) is 0 Å². The average Bonchev–Trinajstić information content (AvgIpc) is 3.96. The molecule has 7 rings (SSSR count). The lowest BCUT2D eigenvalue weighted by Crippen LogP contribution is -2.30. The Bertz CT molecular complexity index is 2210. The lowest BCUT2D eigenvalue weighted by atomic mass is 9.76. The van der Waals surface area contributed by atoms with Gasteiger partial charge in [-0.3, -0.25) is 40.5 Å². The van der Waals surface area contributed by atoms with Gasteiger partial charge in [-0.2, -0.15) is 0 Å². The molecule has 0 aliphatic carbocycles. The van der Waals surface area contributed by atoms with Crippen molar-refractivity contribution in [2.24, 2.45) is 0 Å². The molecule has 0 fully saturated rings. The second-order valence-corrected chi connectivity index (χ2v) is 15.1. The summed E-state index contributed by atoms with van der Waals surface area (Å²) in [6.45, 7) is 11.6. The Labute approximate surface area is 307 Å². The van der Waals surface area contributed by atoms with Crippen molar-refractivity contribution in [3.63, 3.8) is 0 Å². The van der Waals surface area contributed by atoms with Crippen molar-refractivity contribution in [1.29, 1.82) is 0 Å². The fourth-order valence-electron chi connectivity index (χ4n) is 7.60. The summed E-state index contributed by atoms with van der Waals surface area (Å²) in [4.78, 5) is 59.7. The number of non-ortho nitro benzene ring substituents is 4. The summed E-state index contributed by atoms with van der Waals surface area (Å²) in [7, 11) is 0. The molecule has 1 aliphatic heterocycles. The number of benzene rings is 2. The van der Waals surface area contributed by atoms with Crippen molar-refractivity contribution < 1.29 is 19.7 Å². The smallest absolute Gasteiger partial charge is 0.276 e. The largest absolute Gasteiger partial charge is 0.360 e. The van der Waals surface area contributed by atoms with Gasteiger partial charge in [-0.15, -0.1) is 0 Å². The first kappa shape index (κ1) is 35.6. The number of nitro groups is 4. The molecule has 0 radical (unpaired) electrons. The topological polar surface area (TPSA) is 236 Å². The normalized spacial score (nSPS) is 20.0. The highest BCUT2D eigenvalue weighted by Crippen LogP contribution is 2.46. The molecule has 54 heavy (non-hydrogen) atoms. The fraction of sp³-hybridized carbons (Fsp3) is 0.263. The van der Waals surface area contributed by atoms with E-state index in [0.29, 0.717) is 33.9 Å². The first-order chi connectivity index (χ1) is 25.3. The predicted octanol–water partition coefficient (Wildman–Crippen LogP) is 8.31. The second-order valence-electron chi connectivity index (χ2n) is 15.1. The number of hydrogen-bond donors (Lipinski definition) is 4. The fourth-order valence-corrected chi connectivity index (χ4v) is 7.60. The Morgan fingerprint density at radius 2 is 0.574 bits per heavy atom. The van der Waals surface area contributed by atoms with Crippen molar-refractivity contribution in [3.8, 4) is 0 Å². The van der Waals surface area contributed by atoms with Gasteiger partial charge in [0.05, 0.1) is 42.7 Å². The molecule has 8 bridgehead atoms. The molecule has 0 saturated heterocycles. The van der Waals surface area contributed by atoms with Crippen LogP contribution in [0.3, 0.4) is 0 Å². The summed E-state index contributed by atoms with van der Waals surface area (Å²) in [6.07, 6.45) is 0. The number of fused-ring (bicyclic) bond motifs is 8. The van der Waals surface area contributed by atoms with E-state index < -0.39 is 64.1 Å². The molecule has 0 spiro atoms. The van der Waals surface area contributed by atoms with Gasteiger partial charge in [-0.1, -0.05) is 0 Å². The molecule has 0 atom stereocenters. The van der Waals surface area contributed by atoms with Gasteiger partial charge in [-0.05, 0) is 101 Å². The lowest BCUT2D eigenvalue weighted by molar-refractivity contribution is -0.394. The Balaban J connectivity index is 1.52. The monoisotopic (exact) mass is 732 g/mol. The van der Waals surface area contributed by atoms with Gasteiger partial charge >= 0.3 is 0 Å². The van der Waals surface area contributed by atoms with Crippen LogP contribution < -0.4 is 0 Å². The minimum absolute atomic E-state index is 0.327. The standard InChI is InChI=1S/C38H36N8O8/c1-35(2)27-7-11-31(39-27)37(5,21-15-23(43(47)48)19-24(16-21)44(49)50)33-13-9-29(41-33)36(3,4)30-10-14-34(42-30)38(6,32-12-8-28(35)40-32)22-17-25(45(51)52)20-26(18-22)46(53)54/h7-20,39-42H,1-6H3. The van der Waals surface area contributed by atoms with E-state index in [1.165, 1.54) is 24.3 Å². The van der Waals surface area contributed by atoms with Gasteiger partial charge in [-0.25, -0.2) is 0 Å². The third-order valence-corrected chi connectivity index (χ3v) is 11.4. The Kier molecular flexibility index (Phi) is 7.80. The van der Waals surface area contributed by atoms with Crippen LogP contribution in [0.5, 0.6) is 0 Å². The van der Waals surface area contributed by atoms with Gasteiger partial charge in [0.2, 0.25) is 0 Å².